The van der Waals surface area contributed by atoms with E-state index in [0.29, 0.717) is 0 Å². The van der Waals surface area contributed by atoms with Crippen molar-refractivity contribution < 1.29 is 8.92 Å². The molecule has 0 aliphatic carbocycles. The van der Waals surface area contributed by atoms with E-state index in [4.69, 9.17) is 8.92 Å². The second-order valence-electron chi connectivity index (χ2n) is 0.0833. The van der Waals surface area contributed by atoms with E-state index in [1.807, 2.05) is 0 Å². The average Bonchev–Trinajstić information content (AvgIpc) is 0.918. The average molecular weight is 267 g/mol. The van der Waals surface area contributed by atoms with Gasteiger partial charge in [0.05, 0.1) is 0 Å². The summed E-state index contributed by atoms with van der Waals surface area (Å²) in [7, 11) is -1.42. The van der Waals surface area contributed by atoms with Crippen LogP contribution in [0.15, 0.2) is 0 Å². The SMILES string of the molecule is O=[Si]=O.[Pb]. The molecule has 0 atom stereocenters. The molecule has 4 heteroatoms. The van der Waals surface area contributed by atoms with E-state index in [-0.39, 0.29) is 27.3 Å². The van der Waals surface area contributed by atoms with Crippen LogP contribution in [0.25, 0.3) is 0 Å². The van der Waals surface area contributed by atoms with Crippen LogP contribution in [0.5, 0.6) is 0 Å². The fourth-order valence-corrected chi connectivity index (χ4v) is 0. The maximum absolute atomic E-state index is 8.40. The second-order valence-corrected chi connectivity index (χ2v) is 0.250. The molecule has 0 saturated heterocycles. The molecule has 0 rings (SSSR count). The Balaban J connectivity index is 0. The zero-order valence-corrected chi connectivity index (χ0v) is 6.70. The van der Waals surface area contributed by atoms with Gasteiger partial charge in [-0.25, -0.2) is 0 Å². The van der Waals surface area contributed by atoms with Gasteiger partial charge in [0.25, 0.3) is 0 Å². The maximum Gasteiger partial charge on any atom is 0.549 e. The van der Waals surface area contributed by atoms with Crippen LogP contribution in [0.2, 0.25) is 0 Å². The largest absolute Gasteiger partial charge is 0.549 e. The molecule has 0 unspecified atom stereocenters. The van der Waals surface area contributed by atoms with Crippen molar-refractivity contribution in [1.82, 2.24) is 0 Å². The van der Waals surface area contributed by atoms with Gasteiger partial charge in [-0.15, -0.1) is 0 Å². The number of rotatable bonds is 0. The summed E-state index contributed by atoms with van der Waals surface area (Å²) in [4.78, 5) is 0. The maximum atomic E-state index is 8.40. The van der Waals surface area contributed by atoms with Crippen LogP contribution in [0.1, 0.15) is 0 Å². The van der Waals surface area contributed by atoms with Crippen molar-refractivity contribution >= 4 is 36.6 Å². The summed E-state index contributed by atoms with van der Waals surface area (Å²) >= 11 is 0. The van der Waals surface area contributed by atoms with Crippen molar-refractivity contribution in [2.45, 2.75) is 0 Å². The molecule has 0 saturated carbocycles. The molecule has 0 heterocycles. The molecule has 0 bridgehead atoms. The summed E-state index contributed by atoms with van der Waals surface area (Å²) in [6, 6.07) is 0. The van der Waals surface area contributed by atoms with Gasteiger partial charge < -0.3 is 0 Å². The van der Waals surface area contributed by atoms with E-state index >= 15 is 0 Å². The first-order valence-electron chi connectivity index (χ1n) is 0.408. The number of hydrogen-bond donors (Lipinski definition) is 0. The minimum absolute atomic E-state index is 0. The van der Waals surface area contributed by atoms with E-state index in [1.165, 1.54) is 0 Å². The Labute approximate surface area is 45.7 Å². The smallest absolute Gasteiger partial charge is 0.274 e. The molecule has 0 fully saturated rings. The van der Waals surface area contributed by atoms with Gasteiger partial charge in [-0.05, 0) is 0 Å². The van der Waals surface area contributed by atoms with Crippen LogP contribution in [-0.2, 0) is 8.92 Å². The second kappa shape index (κ2) is 9.28. The topological polar surface area (TPSA) is 34.1 Å². The van der Waals surface area contributed by atoms with Crippen molar-refractivity contribution in [2.75, 3.05) is 0 Å². The van der Waals surface area contributed by atoms with Gasteiger partial charge >= 0.3 is 9.29 Å². The Morgan fingerprint density at radius 1 is 1.25 bits per heavy atom. The van der Waals surface area contributed by atoms with Gasteiger partial charge in [-0.1, -0.05) is 0 Å². The summed E-state index contributed by atoms with van der Waals surface area (Å²) in [5.41, 5.74) is 0. The minimum Gasteiger partial charge on any atom is -0.274 e. The molecular weight excluding hydrogens is 267 g/mol. The molecule has 4 heavy (non-hydrogen) atoms. The molecule has 2 nitrogen and oxygen atoms in total. The predicted octanol–water partition coefficient (Wildman–Crippen LogP) is -0.999. The van der Waals surface area contributed by atoms with Crippen LogP contribution in [-0.4, -0.2) is 36.6 Å². The van der Waals surface area contributed by atoms with E-state index in [9.17, 15) is 0 Å². The van der Waals surface area contributed by atoms with Crippen LogP contribution in [0.4, 0.5) is 0 Å². The standard InChI is InChI=1S/O2Si.Pb/c1-3-2;. The van der Waals surface area contributed by atoms with Crippen LogP contribution < -0.4 is 0 Å². The molecule has 0 aliphatic rings. The van der Waals surface area contributed by atoms with Gasteiger partial charge in [0.2, 0.25) is 0 Å². The van der Waals surface area contributed by atoms with E-state index in [1.54, 1.807) is 0 Å². The summed E-state index contributed by atoms with van der Waals surface area (Å²) in [6.45, 7) is 0. The van der Waals surface area contributed by atoms with Crippen LogP contribution in [0.3, 0.4) is 0 Å². The van der Waals surface area contributed by atoms with Gasteiger partial charge in [0.15, 0.2) is 0 Å². The van der Waals surface area contributed by atoms with Crippen LogP contribution in [0, 0.1) is 0 Å². The summed E-state index contributed by atoms with van der Waals surface area (Å²) in [5, 5.41) is 0. The third kappa shape index (κ3) is 15.2. The Morgan fingerprint density at radius 2 is 1.25 bits per heavy atom. The fraction of sp³-hybridized carbons (Fsp3) is 0. The van der Waals surface area contributed by atoms with Crippen molar-refractivity contribution in [3.63, 3.8) is 0 Å². The van der Waals surface area contributed by atoms with Gasteiger partial charge in [0.1, 0.15) is 0 Å². The Hall–Kier alpha value is 0.739. The molecule has 0 spiro atoms. The third-order valence-corrected chi connectivity index (χ3v) is 0. The molecule has 0 aliphatic heterocycles. The van der Waals surface area contributed by atoms with E-state index in [2.05, 4.69) is 0 Å². The monoisotopic (exact) mass is 268 g/mol. The summed E-state index contributed by atoms with van der Waals surface area (Å²) in [5.74, 6) is 0. The molecule has 0 aromatic carbocycles. The van der Waals surface area contributed by atoms with Gasteiger partial charge in [0, 0.05) is 27.3 Å². The first-order valence-corrected chi connectivity index (χ1v) is 1.22. The molecule has 0 N–H and O–H groups in total. The van der Waals surface area contributed by atoms with Gasteiger partial charge in [-0.2, -0.15) is 0 Å². The van der Waals surface area contributed by atoms with Crippen molar-refractivity contribution in [2.24, 2.45) is 0 Å². The normalized spacial score (nSPS) is 2.00. The van der Waals surface area contributed by atoms with Crippen molar-refractivity contribution in [3.05, 3.63) is 0 Å². The Morgan fingerprint density at radius 3 is 1.25 bits per heavy atom. The zero-order chi connectivity index (χ0) is 2.71. The molecule has 0 amide bonds. The quantitative estimate of drug-likeness (QED) is 0.528. The first kappa shape index (κ1) is 8.83. The Bertz CT molecular complexity index is 27.0. The molecule has 20 valence electrons. The first-order chi connectivity index (χ1) is 1.41. The Kier molecular flexibility index (Phi) is 20.5. The van der Waals surface area contributed by atoms with E-state index in [0.717, 1.165) is 0 Å². The molecule has 0 aromatic heterocycles. The zero-order valence-electron chi connectivity index (χ0n) is 1.82. The fourth-order valence-electron chi connectivity index (χ4n) is 0. The molecule has 0 aromatic rings. The number of hydrogen-bond acceptors (Lipinski definition) is 2. The van der Waals surface area contributed by atoms with Crippen LogP contribution >= 0.6 is 0 Å². The summed E-state index contributed by atoms with van der Waals surface area (Å²) in [6.07, 6.45) is 0. The minimum atomic E-state index is -1.42. The predicted molar refractivity (Wildman–Crippen MR) is 12.9 cm³/mol. The molecular formula is O2PbSi. The third-order valence-electron chi connectivity index (χ3n) is 0. The van der Waals surface area contributed by atoms with Crippen molar-refractivity contribution in [1.29, 1.82) is 0 Å². The van der Waals surface area contributed by atoms with E-state index < -0.39 is 9.29 Å². The van der Waals surface area contributed by atoms with Crippen molar-refractivity contribution in [3.8, 4) is 0 Å². The molecule has 4 radical (unpaired) electrons. The van der Waals surface area contributed by atoms with Gasteiger partial charge in [-0.3, -0.25) is 8.92 Å². The summed E-state index contributed by atoms with van der Waals surface area (Å²) < 4.78 is 16.8.